The number of benzene rings is 4. The third-order valence-electron chi connectivity index (χ3n) is 14.2. The van der Waals surface area contributed by atoms with E-state index in [1.807, 2.05) is 68.2 Å². The van der Waals surface area contributed by atoms with Gasteiger partial charge in [-0.2, -0.15) is 15.3 Å². The van der Waals surface area contributed by atoms with Gasteiger partial charge in [0.2, 0.25) is 11.8 Å². The number of amides is 4. The molecular weight excluding hydrogens is 873 g/mol. The van der Waals surface area contributed by atoms with E-state index >= 15 is 0 Å². The van der Waals surface area contributed by atoms with Crippen LogP contribution < -0.4 is 26.5 Å². The Labute approximate surface area is 398 Å². The molecule has 4 amide bonds. The smallest absolute Gasteiger partial charge is 0.350 e. The Hall–Kier alpha value is -7.84. The van der Waals surface area contributed by atoms with Gasteiger partial charge in [-0.05, 0) is 111 Å². The van der Waals surface area contributed by atoms with Gasteiger partial charge in [-0.3, -0.25) is 33.9 Å². The highest BCUT2D eigenvalue weighted by molar-refractivity contribution is 6.13. The molecule has 3 N–H and O–H groups in total. The SMILES string of the molecule is CNC(=O)c1cccc(NC(=O)c2nn(C)c3ccc(-c4ccc(-n5cnn(C)c5=O)cc4C#CC4CCN(C5CCN(c6cccc7c(C8CCC(=O)NC8=O)nn(C)c67)CC5)CC4)c(C)c23)c1. The number of fused-ring (bicyclic) bond motifs is 2. The number of hydrogen-bond donors (Lipinski definition) is 3. The number of aromatic nitrogens is 7. The summed E-state index contributed by atoms with van der Waals surface area (Å²) in [7, 11) is 6.92. The van der Waals surface area contributed by atoms with Crippen LogP contribution in [0.1, 0.15) is 82.1 Å². The Morgan fingerprint density at radius 2 is 1.57 bits per heavy atom. The van der Waals surface area contributed by atoms with Gasteiger partial charge in [0.25, 0.3) is 11.8 Å². The van der Waals surface area contributed by atoms with Gasteiger partial charge in [-0.15, -0.1) is 0 Å². The van der Waals surface area contributed by atoms with Crippen LogP contribution in [0.15, 0.2) is 83.9 Å². The highest BCUT2D eigenvalue weighted by Crippen LogP contribution is 2.38. The van der Waals surface area contributed by atoms with Crippen molar-refractivity contribution < 1.29 is 19.2 Å². The second kappa shape index (κ2) is 18.3. The van der Waals surface area contributed by atoms with Crippen LogP contribution in [-0.2, 0) is 30.7 Å². The number of carbonyl (C=O) groups is 4. The van der Waals surface area contributed by atoms with Crippen LogP contribution in [0.25, 0.3) is 38.6 Å². The Balaban J connectivity index is 0.866. The Morgan fingerprint density at radius 1 is 0.797 bits per heavy atom. The molecule has 10 rings (SSSR count). The fourth-order valence-electron chi connectivity index (χ4n) is 10.5. The number of likely N-dealkylation sites (tertiary alicyclic amines) is 1. The minimum Gasteiger partial charge on any atom is -0.370 e. The molecule has 3 aromatic heterocycles. The molecule has 1 unspecified atom stereocenters. The van der Waals surface area contributed by atoms with Crippen molar-refractivity contribution in [3.63, 3.8) is 0 Å². The zero-order chi connectivity index (χ0) is 48.1. The summed E-state index contributed by atoms with van der Waals surface area (Å²) in [6.07, 6.45) is 6.22. The van der Waals surface area contributed by atoms with Crippen molar-refractivity contribution in [2.24, 2.45) is 27.1 Å². The molecule has 3 aliphatic heterocycles. The van der Waals surface area contributed by atoms with Gasteiger partial charge in [-0.1, -0.05) is 42.2 Å². The number of piperidine rings is 3. The van der Waals surface area contributed by atoms with Gasteiger partial charge >= 0.3 is 5.69 Å². The number of para-hydroxylation sites is 1. The van der Waals surface area contributed by atoms with Crippen LogP contribution in [0, 0.1) is 24.7 Å². The van der Waals surface area contributed by atoms with E-state index < -0.39 is 11.8 Å². The van der Waals surface area contributed by atoms with Crippen LogP contribution in [-0.4, -0.2) is 102 Å². The normalized spacial score (nSPS) is 17.2. The molecule has 0 radical (unpaired) electrons. The van der Waals surface area contributed by atoms with Crippen LogP contribution in [0.5, 0.6) is 0 Å². The lowest BCUT2D eigenvalue weighted by Crippen LogP contribution is -2.47. The van der Waals surface area contributed by atoms with E-state index in [1.54, 1.807) is 43.0 Å². The highest BCUT2D eigenvalue weighted by Gasteiger charge is 2.34. The molecule has 352 valence electrons. The van der Waals surface area contributed by atoms with Crippen molar-refractivity contribution >= 4 is 56.8 Å². The van der Waals surface area contributed by atoms with E-state index in [4.69, 9.17) is 5.10 Å². The highest BCUT2D eigenvalue weighted by atomic mass is 16.2. The van der Waals surface area contributed by atoms with Gasteiger partial charge < -0.3 is 20.4 Å². The molecule has 1 atom stereocenters. The van der Waals surface area contributed by atoms with Crippen molar-refractivity contribution in [2.45, 2.75) is 57.4 Å². The lowest BCUT2D eigenvalue weighted by molar-refractivity contribution is -0.134. The third kappa shape index (κ3) is 8.45. The Kier molecular flexibility index (Phi) is 11.9. The number of nitrogens with zero attached hydrogens (tertiary/aromatic N) is 9. The molecular formula is C52H54N12O5. The van der Waals surface area contributed by atoms with Crippen molar-refractivity contribution in [3.8, 4) is 28.7 Å². The number of nitrogens with one attached hydrogen (secondary N) is 3. The predicted molar refractivity (Wildman–Crippen MR) is 263 cm³/mol. The molecule has 0 bridgehead atoms. The fraction of sp³-hybridized carbons (Fsp3) is 0.346. The topological polar surface area (TPSA) is 186 Å². The minimum absolute atomic E-state index is 0.180. The van der Waals surface area contributed by atoms with Crippen molar-refractivity contribution in [3.05, 3.63) is 118 Å². The summed E-state index contributed by atoms with van der Waals surface area (Å²) in [5, 5.41) is 23.4. The summed E-state index contributed by atoms with van der Waals surface area (Å²) in [5.74, 6) is 5.77. The van der Waals surface area contributed by atoms with Gasteiger partial charge in [-0.25, -0.2) is 14.0 Å². The van der Waals surface area contributed by atoms with Crippen molar-refractivity contribution in [1.29, 1.82) is 0 Å². The maximum atomic E-state index is 13.9. The lowest BCUT2D eigenvalue weighted by Gasteiger charge is -2.42. The number of imide groups is 1. The Morgan fingerprint density at radius 3 is 2.30 bits per heavy atom. The minimum atomic E-state index is -0.443. The average molecular weight is 927 g/mol. The standard InChI is InChI=1S/C52H54N12O5/c1-31-38(16-18-42-45(31)47(58-59(42)3)51(68)55-35-9-6-8-34(28-35)49(66)53-2)39-15-14-37(64-30-54-61(5)52(64)69)29-33(39)13-12-32-20-24-62(25-21-32)36-22-26-63(27-23-36)43-11-7-10-40-46(57-60(4)48(40)43)41-17-19-44(65)56-50(41)67/h6-11,14-16,18,28-30,32,36,41H,17,19-27H2,1-5H3,(H,53,66)(H,55,68)(H,56,65,67). The van der Waals surface area contributed by atoms with E-state index in [0.29, 0.717) is 41.2 Å². The first-order valence-electron chi connectivity index (χ1n) is 23.5. The molecule has 4 aromatic carbocycles. The summed E-state index contributed by atoms with van der Waals surface area (Å²) in [6, 6.07) is 23.3. The molecule has 3 saturated heterocycles. The van der Waals surface area contributed by atoms with E-state index in [9.17, 15) is 24.0 Å². The third-order valence-corrected chi connectivity index (χ3v) is 14.2. The number of carbonyl (C=O) groups excluding carboxylic acids is 4. The number of hydrogen-bond acceptors (Lipinski definition) is 10. The molecule has 17 nitrogen and oxygen atoms in total. The monoisotopic (exact) mass is 926 g/mol. The van der Waals surface area contributed by atoms with Gasteiger partial charge in [0, 0.05) is 87.2 Å². The van der Waals surface area contributed by atoms with E-state index in [1.165, 1.54) is 15.6 Å². The van der Waals surface area contributed by atoms with Crippen LogP contribution in [0.2, 0.25) is 0 Å². The second-order valence-electron chi connectivity index (χ2n) is 18.3. The molecule has 17 heteroatoms. The first kappa shape index (κ1) is 45.0. The molecule has 3 aliphatic rings. The number of rotatable bonds is 8. The van der Waals surface area contributed by atoms with E-state index in [-0.39, 0.29) is 35.0 Å². The van der Waals surface area contributed by atoms with Crippen molar-refractivity contribution in [1.82, 2.24) is 49.4 Å². The number of anilines is 2. The first-order chi connectivity index (χ1) is 33.4. The Bertz CT molecular complexity index is 3330. The van der Waals surface area contributed by atoms with E-state index in [2.05, 4.69) is 53.9 Å². The molecule has 0 spiro atoms. The molecule has 6 heterocycles. The maximum Gasteiger partial charge on any atom is 0.350 e. The number of aryl methyl sites for hydroxylation is 4. The van der Waals surface area contributed by atoms with Crippen LogP contribution in [0.4, 0.5) is 11.4 Å². The summed E-state index contributed by atoms with van der Waals surface area (Å²) in [6.45, 7) is 5.70. The van der Waals surface area contributed by atoms with Gasteiger partial charge in [0.05, 0.1) is 34.0 Å². The molecule has 7 aromatic rings. The van der Waals surface area contributed by atoms with Crippen molar-refractivity contribution in [2.75, 3.05) is 43.4 Å². The van der Waals surface area contributed by atoms with E-state index in [0.717, 1.165) is 102 Å². The summed E-state index contributed by atoms with van der Waals surface area (Å²) in [4.78, 5) is 69.0. The quantitative estimate of drug-likeness (QED) is 0.136. The fourth-order valence-corrected chi connectivity index (χ4v) is 10.5. The maximum absolute atomic E-state index is 13.9. The second-order valence-corrected chi connectivity index (χ2v) is 18.3. The average Bonchev–Trinajstić information content (AvgIpc) is 4.01. The van der Waals surface area contributed by atoms with Crippen LogP contribution >= 0.6 is 0 Å². The predicted octanol–water partition coefficient (Wildman–Crippen LogP) is 5.18. The summed E-state index contributed by atoms with van der Waals surface area (Å²) < 4.78 is 6.38. The van der Waals surface area contributed by atoms with Crippen LogP contribution in [0.3, 0.4) is 0 Å². The van der Waals surface area contributed by atoms with Gasteiger partial charge in [0.1, 0.15) is 6.33 Å². The van der Waals surface area contributed by atoms with Gasteiger partial charge in [0.15, 0.2) is 5.69 Å². The zero-order valence-electron chi connectivity index (χ0n) is 39.4. The summed E-state index contributed by atoms with van der Waals surface area (Å²) >= 11 is 0. The first-order valence-corrected chi connectivity index (χ1v) is 23.5. The molecule has 3 fully saturated rings. The summed E-state index contributed by atoms with van der Waals surface area (Å²) in [5.41, 5.74) is 8.56. The molecule has 69 heavy (non-hydrogen) atoms. The molecule has 0 aliphatic carbocycles. The zero-order valence-corrected chi connectivity index (χ0v) is 39.4. The lowest BCUT2D eigenvalue weighted by atomic mass is 9.91. The molecule has 0 saturated carbocycles. The largest absolute Gasteiger partial charge is 0.370 e.